The molecule has 1 heterocycles. The molecule has 128 valence electrons. The molecule has 1 atom stereocenters. The molecule has 0 aromatic carbocycles. The zero-order valence-corrected chi connectivity index (χ0v) is 14.3. The van der Waals surface area contributed by atoms with Crippen LogP contribution in [0.15, 0.2) is 0 Å². The first-order valence-electron chi connectivity index (χ1n) is 7.99. The van der Waals surface area contributed by atoms with E-state index in [2.05, 4.69) is 6.92 Å². The third-order valence-corrected chi connectivity index (χ3v) is 3.94. The number of amides is 1. The highest BCUT2D eigenvalue weighted by molar-refractivity contribution is 5.78. The summed E-state index contributed by atoms with van der Waals surface area (Å²) in [6, 6.07) is 0. The van der Waals surface area contributed by atoms with Gasteiger partial charge >= 0.3 is 12.1 Å². The van der Waals surface area contributed by atoms with Gasteiger partial charge in [0.25, 0.3) is 0 Å². The molecule has 0 saturated carbocycles. The van der Waals surface area contributed by atoms with Crippen LogP contribution in [0.3, 0.4) is 0 Å². The molecule has 0 aromatic heterocycles. The van der Waals surface area contributed by atoms with Crippen LogP contribution in [0.5, 0.6) is 0 Å². The zero-order chi connectivity index (χ0) is 17.0. The highest BCUT2D eigenvalue weighted by atomic mass is 16.6. The molecular formula is C16H29NO5. The van der Waals surface area contributed by atoms with E-state index in [4.69, 9.17) is 9.47 Å². The Kier molecular flexibility index (Phi) is 6.23. The molecule has 0 aromatic rings. The number of rotatable bonds is 7. The Morgan fingerprint density at radius 2 is 1.86 bits per heavy atom. The summed E-state index contributed by atoms with van der Waals surface area (Å²) in [5.74, 6) is -1.10. The van der Waals surface area contributed by atoms with Crippen molar-refractivity contribution in [1.29, 1.82) is 0 Å². The van der Waals surface area contributed by atoms with Gasteiger partial charge in [-0.3, -0.25) is 4.90 Å². The lowest BCUT2D eigenvalue weighted by Crippen LogP contribution is -2.54. The van der Waals surface area contributed by atoms with E-state index in [9.17, 15) is 14.7 Å². The maximum atomic E-state index is 12.4. The first-order valence-corrected chi connectivity index (χ1v) is 7.99. The van der Waals surface area contributed by atoms with Gasteiger partial charge in [-0.25, -0.2) is 9.59 Å². The number of aliphatic carboxylic acids is 1. The Balaban J connectivity index is 2.68. The molecule has 1 aliphatic heterocycles. The van der Waals surface area contributed by atoms with E-state index in [-0.39, 0.29) is 0 Å². The fraction of sp³-hybridized carbons (Fsp3) is 0.875. The summed E-state index contributed by atoms with van der Waals surface area (Å²) in [4.78, 5) is 25.2. The van der Waals surface area contributed by atoms with Gasteiger partial charge in [0.2, 0.25) is 6.10 Å². The van der Waals surface area contributed by atoms with Crippen LogP contribution in [-0.2, 0) is 14.3 Å². The Hall–Kier alpha value is -1.30. The monoisotopic (exact) mass is 315 g/mol. The molecule has 0 spiro atoms. The van der Waals surface area contributed by atoms with Crippen LogP contribution in [0.4, 0.5) is 4.79 Å². The minimum Gasteiger partial charge on any atom is -0.479 e. The van der Waals surface area contributed by atoms with E-state index in [0.29, 0.717) is 13.0 Å². The van der Waals surface area contributed by atoms with E-state index in [1.54, 1.807) is 13.8 Å². The molecule has 6 heteroatoms. The predicted octanol–water partition coefficient (Wildman–Crippen LogP) is 3.39. The number of carbonyl (C=O) groups excluding carboxylic acids is 1. The zero-order valence-electron chi connectivity index (χ0n) is 14.3. The lowest BCUT2D eigenvalue weighted by Gasteiger charge is -2.37. The van der Waals surface area contributed by atoms with Gasteiger partial charge < -0.3 is 14.6 Å². The van der Waals surface area contributed by atoms with Crippen molar-refractivity contribution in [3.8, 4) is 0 Å². The second-order valence-electron chi connectivity index (χ2n) is 6.94. The minimum atomic E-state index is -1.10. The topological polar surface area (TPSA) is 76.1 Å². The highest BCUT2D eigenvalue weighted by Gasteiger charge is 2.50. The largest absolute Gasteiger partial charge is 0.479 e. The molecule has 1 saturated heterocycles. The third kappa shape index (κ3) is 4.60. The first-order chi connectivity index (χ1) is 10.1. The van der Waals surface area contributed by atoms with Crippen molar-refractivity contribution in [2.24, 2.45) is 0 Å². The molecule has 0 radical (unpaired) electrons. The van der Waals surface area contributed by atoms with Gasteiger partial charge in [0.05, 0.1) is 12.1 Å². The van der Waals surface area contributed by atoms with Crippen LogP contribution < -0.4 is 0 Å². The second-order valence-corrected chi connectivity index (χ2v) is 6.94. The van der Waals surface area contributed by atoms with Crippen molar-refractivity contribution in [2.75, 3.05) is 6.61 Å². The predicted molar refractivity (Wildman–Crippen MR) is 82.6 cm³/mol. The number of unbranched alkanes of at least 4 members (excludes halogenated alkanes) is 3. The SMILES string of the molecule is CCCCCC[C@@H](OC(=O)N1C(C)(C)COC1(C)C)C(=O)O. The third-order valence-electron chi connectivity index (χ3n) is 3.94. The van der Waals surface area contributed by atoms with E-state index in [0.717, 1.165) is 25.7 Å². The van der Waals surface area contributed by atoms with Gasteiger partial charge in [0.15, 0.2) is 0 Å². The smallest absolute Gasteiger partial charge is 0.413 e. The number of carboxylic acids is 1. The summed E-state index contributed by atoms with van der Waals surface area (Å²) < 4.78 is 10.9. The molecule has 6 nitrogen and oxygen atoms in total. The number of hydrogen-bond acceptors (Lipinski definition) is 4. The summed E-state index contributed by atoms with van der Waals surface area (Å²) in [7, 11) is 0. The van der Waals surface area contributed by atoms with Crippen molar-refractivity contribution in [2.45, 2.75) is 84.1 Å². The Bertz CT molecular complexity index is 389. The Morgan fingerprint density at radius 3 is 2.32 bits per heavy atom. The normalized spacial score (nSPS) is 20.7. The average molecular weight is 315 g/mol. The number of ether oxygens (including phenoxy) is 2. The first kappa shape index (κ1) is 18.7. The van der Waals surface area contributed by atoms with E-state index >= 15 is 0 Å². The molecule has 0 unspecified atom stereocenters. The minimum absolute atomic E-state index is 0.344. The van der Waals surface area contributed by atoms with Gasteiger partial charge in [-0.1, -0.05) is 26.2 Å². The Labute approximate surface area is 132 Å². The lowest BCUT2D eigenvalue weighted by molar-refractivity contribution is -0.149. The molecule has 1 amide bonds. The maximum Gasteiger partial charge on any atom is 0.413 e. The van der Waals surface area contributed by atoms with E-state index in [1.165, 1.54) is 4.90 Å². The van der Waals surface area contributed by atoms with Crippen LogP contribution in [-0.4, -0.2) is 46.0 Å². The van der Waals surface area contributed by atoms with Gasteiger partial charge in [0.1, 0.15) is 5.72 Å². The van der Waals surface area contributed by atoms with Crippen LogP contribution in [0.1, 0.15) is 66.7 Å². The van der Waals surface area contributed by atoms with Crippen molar-refractivity contribution in [3.05, 3.63) is 0 Å². The van der Waals surface area contributed by atoms with Crippen molar-refractivity contribution < 1.29 is 24.2 Å². The van der Waals surface area contributed by atoms with Crippen LogP contribution in [0, 0.1) is 0 Å². The second kappa shape index (κ2) is 7.31. The van der Waals surface area contributed by atoms with Crippen LogP contribution in [0.25, 0.3) is 0 Å². The van der Waals surface area contributed by atoms with Gasteiger partial charge in [-0.05, 0) is 40.5 Å². The van der Waals surface area contributed by atoms with Crippen molar-refractivity contribution >= 4 is 12.1 Å². The molecule has 1 fully saturated rings. The molecule has 0 aliphatic carbocycles. The fourth-order valence-corrected chi connectivity index (χ4v) is 2.84. The molecule has 1 N–H and O–H groups in total. The standard InChI is InChI=1S/C16H29NO5/c1-6-7-8-9-10-12(13(18)19)22-14(20)17-15(2,3)11-21-16(17,4)5/h12H,6-11H2,1-5H3,(H,18,19)/t12-/m1/s1. The highest BCUT2D eigenvalue weighted by Crippen LogP contribution is 2.35. The lowest BCUT2D eigenvalue weighted by atomic mass is 10.0. The van der Waals surface area contributed by atoms with Gasteiger partial charge in [-0.15, -0.1) is 0 Å². The van der Waals surface area contributed by atoms with Crippen LogP contribution in [0.2, 0.25) is 0 Å². The molecule has 22 heavy (non-hydrogen) atoms. The number of hydrogen-bond donors (Lipinski definition) is 1. The summed E-state index contributed by atoms with van der Waals surface area (Å²) in [5, 5.41) is 9.25. The van der Waals surface area contributed by atoms with Crippen molar-refractivity contribution in [1.82, 2.24) is 4.90 Å². The van der Waals surface area contributed by atoms with E-state index < -0.39 is 29.4 Å². The van der Waals surface area contributed by atoms with Gasteiger partial charge in [0, 0.05) is 0 Å². The van der Waals surface area contributed by atoms with Crippen LogP contribution >= 0.6 is 0 Å². The molecular weight excluding hydrogens is 286 g/mol. The maximum absolute atomic E-state index is 12.4. The molecule has 1 rings (SSSR count). The molecule has 0 bridgehead atoms. The summed E-state index contributed by atoms with van der Waals surface area (Å²) in [6.45, 7) is 9.79. The fourth-order valence-electron chi connectivity index (χ4n) is 2.84. The number of carboxylic acid groups (broad SMARTS) is 1. The molecule has 1 aliphatic rings. The average Bonchev–Trinajstić information content (AvgIpc) is 2.61. The quantitative estimate of drug-likeness (QED) is 0.729. The van der Waals surface area contributed by atoms with E-state index in [1.807, 2.05) is 13.8 Å². The number of carbonyl (C=O) groups is 2. The van der Waals surface area contributed by atoms with Crippen molar-refractivity contribution in [3.63, 3.8) is 0 Å². The summed E-state index contributed by atoms with van der Waals surface area (Å²) in [5.41, 5.74) is -1.32. The Morgan fingerprint density at radius 1 is 1.23 bits per heavy atom. The summed E-state index contributed by atoms with van der Waals surface area (Å²) >= 11 is 0. The van der Waals surface area contributed by atoms with Gasteiger partial charge in [-0.2, -0.15) is 0 Å². The summed E-state index contributed by atoms with van der Waals surface area (Å²) in [6.07, 6.45) is 2.43. The number of nitrogens with zero attached hydrogens (tertiary/aromatic N) is 1.